The first-order chi connectivity index (χ1) is 15.6. The Kier molecular flexibility index (Phi) is 6.70. The lowest BCUT2D eigenvalue weighted by atomic mass is 9.84. The van der Waals surface area contributed by atoms with Gasteiger partial charge in [0.2, 0.25) is 0 Å². The summed E-state index contributed by atoms with van der Waals surface area (Å²) in [5, 5.41) is 40.5. The minimum atomic E-state index is -4.75. The monoisotopic (exact) mass is 468 g/mol. The van der Waals surface area contributed by atoms with Crippen molar-refractivity contribution in [1.29, 1.82) is 0 Å². The lowest BCUT2D eigenvalue weighted by molar-refractivity contribution is -0.274. The van der Waals surface area contributed by atoms with Crippen LogP contribution in [0.1, 0.15) is 45.9 Å². The fourth-order valence-corrected chi connectivity index (χ4v) is 4.91. The molecule has 2 aromatic rings. The van der Waals surface area contributed by atoms with Crippen molar-refractivity contribution in [3.05, 3.63) is 63.7 Å². The van der Waals surface area contributed by atoms with Crippen molar-refractivity contribution in [3.8, 4) is 5.75 Å². The van der Waals surface area contributed by atoms with Crippen molar-refractivity contribution in [1.82, 2.24) is 0 Å². The fraction of sp³-hybridized carbons (Fsp3) is 0.500. The molecule has 0 radical (unpaired) electrons. The van der Waals surface area contributed by atoms with E-state index in [1.54, 1.807) is 12.1 Å². The van der Waals surface area contributed by atoms with Crippen molar-refractivity contribution in [2.24, 2.45) is 0 Å². The van der Waals surface area contributed by atoms with Gasteiger partial charge >= 0.3 is 6.36 Å². The Balaban J connectivity index is 1.66. The summed E-state index contributed by atoms with van der Waals surface area (Å²) in [7, 11) is 0. The molecule has 1 aliphatic heterocycles. The first-order valence-electron chi connectivity index (χ1n) is 10.9. The van der Waals surface area contributed by atoms with Crippen LogP contribution in [-0.2, 0) is 24.0 Å². The largest absolute Gasteiger partial charge is 0.573 e. The molecule has 2 aromatic carbocycles. The van der Waals surface area contributed by atoms with Crippen LogP contribution in [0.2, 0.25) is 0 Å². The Morgan fingerprint density at radius 3 is 2.30 bits per heavy atom. The molecule has 9 heteroatoms. The van der Waals surface area contributed by atoms with Gasteiger partial charge in [-0.25, -0.2) is 0 Å². The predicted octanol–water partition coefficient (Wildman–Crippen LogP) is 2.49. The Morgan fingerprint density at radius 2 is 1.67 bits per heavy atom. The SMILES string of the molecule is Cc1c([C@@H]2O[C@H](CO)[C@H](O)[C@H](O)[C@@H]2O)cc(Cc2ccc(OC(F)(F)F)cc2)c2c1CCC2. The van der Waals surface area contributed by atoms with Crippen LogP contribution in [0.4, 0.5) is 13.2 Å². The minimum Gasteiger partial charge on any atom is -0.406 e. The Morgan fingerprint density at radius 1 is 1.00 bits per heavy atom. The van der Waals surface area contributed by atoms with Gasteiger partial charge < -0.3 is 29.9 Å². The summed E-state index contributed by atoms with van der Waals surface area (Å²) in [5.74, 6) is -0.289. The van der Waals surface area contributed by atoms with E-state index >= 15 is 0 Å². The molecule has 0 aromatic heterocycles. The topological polar surface area (TPSA) is 99.4 Å². The maximum Gasteiger partial charge on any atom is 0.573 e. The van der Waals surface area contributed by atoms with Gasteiger partial charge in [-0.3, -0.25) is 0 Å². The lowest BCUT2D eigenvalue weighted by Gasteiger charge is -2.41. The van der Waals surface area contributed by atoms with Crippen LogP contribution in [0, 0.1) is 6.92 Å². The first kappa shape index (κ1) is 24.0. The van der Waals surface area contributed by atoms with E-state index in [-0.39, 0.29) is 5.75 Å². The van der Waals surface area contributed by atoms with Gasteiger partial charge in [-0.1, -0.05) is 18.2 Å². The van der Waals surface area contributed by atoms with Gasteiger partial charge in [0.15, 0.2) is 0 Å². The van der Waals surface area contributed by atoms with Crippen LogP contribution < -0.4 is 4.74 Å². The molecule has 0 saturated carbocycles. The summed E-state index contributed by atoms with van der Waals surface area (Å²) in [5.41, 5.74) is 5.67. The number of fused-ring (bicyclic) bond motifs is 1. The summed E-state index contributed by atoms with van der Waals surface area (Å²) in [6.07, 6.45) is -7.86. The first-order valence-corrected chi connectivity index (χ1v) is 10.9. The van der Waals surface area contributed by atoms with Crippen molar-refractivity contribution < 1.29 is 43.1 Å². The van der Waals surface area contributed by atoms with E-state index in [0.717, 1.165) is 41.5 Å². The number of aliphatic hydroxyl groups is 4. The number of alkyl halides is 3. The van der Waals surface area contributed by atoms with Gasteiger partial charge in [-0.15, -0.1) is 13.2 Å². The molecule has 6 nitrogen and oxygen atoms in total. The van der Waals surface area contributed by atoms with Crippen LogP contribution in [-0.4, -0.2) is 57.8 Å². The molecule has 0 spiro atoms. The summed E-state index contributed by atoms with van der Waals surface area (Å²) in [6, 6.07) is 7.60. The molecule has 1 heterocycles. The molecular formula is C24H27F3O6. The fourth-order valence-electron chi connectivity index (χ4n) is 4.91. The molecule has 0 bridgehead atoms. The Labute approximate surface area is 189 Å². The summed E-state index contributed by atoms with van der Waals surface area (Å²) < 4.78 is 47.0. The zero-order chi connectivity index (χ0) is 23.9. The second-order valence-electron chi connectivity index (χ2n) is 8.68. The van der Waals surface area contributed by atoms with E-state index in [1.807, 2.05) is 13.0 Å². The van der Waals surface area contributed by atoms with Gasteiger partial charge in [0.1, 0.15) is 36.3 Å². The maximum atomic E-state index is 12.4. The van der Waals surface area contributed by atoms with E-state index in [2.05, 4.69) is 4.74 Å². The molecule has 0 amide bonds. The number of hydrogen-bond donors (Lipinski definition) is 4. The smallest absolute Gasteiger partial charge is 0.406 e. The molecule has 1 saturated heterocycles. The minimum absolute atomic E-state index is 0.289. The molecule has 5 atom stereocenters. The van der Waals surface area contributed by atoms with Crippen molar-refractivity contribution >= 4 is 0 Å². The van der Waals surface area contributed by atoms with E-state index < -0.39 is 43.5 Å². The van der Waals surface area contributed by atoms with E-state index in [9.17, 15) is 33.6 Å². The number of ether oxygens (including phenoxy) is 2. The van der Waals surface area contributed by atoms with Crippen LogP contribution in [0.25, 0.3) is 0 Å². The quantitative estimate of drug-likeness (QED) is 0.538. The Bertz CT molecular complexity index is 989. The molecule has 4 N–H and O–H groups in total. The van der Waals surface area contributed by atoms with Crippen molar-refractivity contribution in [3.63, 3.8) is 0 Å². The van der Waals surface area contributed by atoms with Crippen LogP contribution >= 0.6 is 0 Å². The molecule has 1 fully saturated rings. The highest BCUT2D eigenvalue weighted by Gasteiger charge is 2.44. The van der Waals surface area contributed by atoms with E-state index in [0.29, 0.717) is 12.0 Å². The zero-order valence-corrected chi connectivity index (χ0v) is 18.0. The van der Waals surface area contributed by atoms with Crippen LogP contribution in [0.15, 0.2) is 30.3 Å². The third-order valence-electron chi connectivity index (χ3n) is 6.57. The third kappa shape index (κ3) is 4.88. The average Bonchev–Trinajstić information content (AvgIpc) is 3.26. The van der Waals surface area contributed by atoms with Gasteiger partial charge in [0.25, 0.3) is 0 Å². The third-order valence-corrected chi connectivity index (χ3v) is 6.57. The van der Waals surface area contributed by atoms with Crippen molar-refractivity contribution in [2.75, 3.05) is 6.61 Å². The average molecular weight is 468 g/mol. The number of rotatable bonds is 5. The number of halogens is 3. The predicted molar refractivity (Wildman–Crippen MR) is 112 cm³/mol. The highest BCUT2D eigenvalue weighted by molar-refractivity contribution is 5.51. The molecule has 1 aliphatic carbocycles. The second-order valence-corrected chi connectivity index (χ2v) is 8.68. The molecule has 33 heavy (non-hydrogen) atoms. The van der Waals surface area contributed by atoms with Crippen LogP contribution in [0.3, 0.4) is 0 Å². The van der Waals surface area contributed by atoms with Gasteiger partial charge in [-0.05, 0) is 78.1 Å². The second kappa shape index (κ2) is 9.23. The highest BCUT2D eigenvalue weighted by atomic mass is 19.4. The number of aliphatic hydroxyl groups excluding tert-OH is 4. The summed E-state index contributed by atoms with van der Waals surface area (Å²) in [4.78, 5) is 0. The molecule has 0 unspecified atom stereocenters. The molecule has 180 valence electrons. The van der Waals surface area contributed by atoms with Crippen LogP contribution in [0.5, 0.6) is 5.75 Å². The normalized spacial score (nSPS) is 27.5. The van der Waals surface area contributed by atoms with Gasteiger partial charge in [0.05, 0.1) is 6.61 Å². The molecule has 4 rings (SSSR count). The van der Waals surface area contributed by atoms with Gasteiger partial charge in [-0.2, -0.15) is 0 Å². The number of hydrogen-bond acceptors (Lipinski definition) is 6. The van der Waals surface area contributed by atoms with E-state index in [4.69, 9.17) is 4.74 Å². The van der Waals surface area contributed by atoms with Crippen molar-refractivity contribution in [2.45, 2.75) is 69.5 Å². The van der Waals surface area contributed by atoms with Gasteiger partial charge in [0, 0.05) is 0 Å². The lowest BCUT2D eigenvalue weighted by Crippen LogP contribution is -2.55. The highest BCUT2D eigenvalue weighted by Crippen LogP contribution is 2.39. The Hall–Kier alpha value is -2.17. The number of benzene rings is 2. The van der Waals surface area contributed by atoms with E-state index in [1.165, 1.54) is 17.7 Å². The summed E-state index contributed by atoms with van der Waals surface area (Å²) in [6.45, 7) is 1.42. The zero-order valence-electron chi connectivity index (χ0n) is 18.0. The molecular weight excluding hydrogens is 441 g/mol. The standard InChI is InChI=1S/C24H27F3O6/c1-12-16-3-2-4-17(16)14(9-13-5-7-15(8-6-13)33-24(25,26)27)10-18(12)23-22(31)21(30)20(29)19(11-28)32-23/h5-8,10,19-23,28-31H,2-4,9,11H2,1H3/t19-,20+,21+,22+,23+/m1/s1. The summed E-state index contributed by atoms with van der Waals surface area (Å²) >= 11 is 0. The molecule has 2 aliphatic rings. The maximum absolute atomic E-state index is 12.4.